The van der Waals surface area contributed by atoms with E-state index >= 15 is 0 Å². The molecule has 0 saturated carbocycles. The molecule has 4 heteroatoms. The second kappa shape index (κ2) is 9.98. The van der Waals surface area contributed by atoms with Crippen LogP contribution in [0, 0.1) is 5.92 Å². The van der Waals surface area contributed by atoms with Gasteiger partial charge < -0.3 is 14.6 Å². The van der Waals surface area contributed by atoms with Gasteiger partial charge in [-0.3, -0.25) is 0 Å². The molecule has 1 N–H and O–H groups in total. The second-order valence-electron chi connectivity index (χ2n) is 5.99. The lowest BCUT2D eigenvalue weighted by Gasteiger charge is -2.03. The Morgan fingerprint density at radius 2 is 2.05 bits per heavy atom. The molecule has 1 aliphatic carbocycles. The van der Waals surface area contributed by atoms with Crippen LogP contribution in [0.2, 0.25) is 0 Å². The average molecular weight is 306 g/mol. The minimum atomic E-state index is -1.20. The first-order chi connectivity index (χ1) is 10.5. The standard InChI is InChI=1S/C13H16O.C5H10O3/c14-9-2-1-4-11-7-8-12-5-3-6-13(12)10-11;1-4(2)3-8-5(6)7/h7-10H,1-6H2;4H,3H2,1-2H3,(H,6,7). The fourth-order valence-corrected chi connectivity index (χ4v) is 2.41. The maximum absolute atomic E-state index is 10.2. The molecule has 1 aromatic carbocycles. The summed E-state index contributed by atoms with van der Waals surface area (Å²) in [6.07, 6.45) is 6.35. The Balaban J connectivity index is 0.000000261. The number of benzene rings is 1. The Morgan fingerprint density at radius 1 is 1.32 bits per heavy atom. The van der Waals surface area contributed by atoms with Gasteiger partial charge in [-0.05, 0) is 54.7 Å². The summed E-state index contributed by atoms with van der Waals surface area (Å²) >= 11 is 0. The number of aldehydes is 1. The van der Waals surface area contributed by atoms with Crippen LogP contribution in [0.1, 0.15) is 49.8 Å². The summed E-state index contributed by atoms with van der Waals surface area (Å²) in [4.78, 5) is 19.9. The van der Waals surface area contributed by atoms with E-state index in [1.807, 2.05) is 13.8 Å². The maximum atomic E-state index is 10.2. The number of ether oxygens (including phenoxy) is 1. The van der Waals surface area contributed by atoms with E-state index in [0.717, 1.165) is 19.1 Å². The highest BCUT2D eigenvalue weighted by Crippen LogP contribution is 2.23. The van der Waals surface area contributed by atoms with Crippen LogP contribution in [-0.2, 0) is 28.8 Å². The SMILES string of the molecule is CC(C)COC(=O)O.O=CCCCc1ccc2c(c1)CCC2. The van der Waals surface area contributed by atoms with E-state index in [-0.39, 0.29) is 12.5 Å². The third-order valence-electron chi connectivity index (χ3n) is 3.49. The zero-order valence-corrected chi connectivity index (χ0v) is 13.5. The fourth-order valence-electron chi connectivity index (χ4n) is 2.41. The van der Waals surface area contributed by atoms with Crippen molar-refractivity contribution in [3.8, 4) is 0 Å². The number of hydrogen-bond acceptors (Lipinski definition) is 3. The minimum Gasteiger partial charge on any atom is -0.450 e. The van der Waals surface area contributed by atoms with E-state index in [2.05, 4.69) is 22.9 Å². The number of carbonyl (C=O) groups is 2. The second-order valence-corrected chi connectivity index (χ2v) is 5.99. The highest BCUT2D eigenvalue weighted by Gasteiger charge is 2.10. The largest absolute Gasteiger partial charge is 0.505 e. The average Bonchev–Trinajstić information content (AvgIpc) is 2.94. The van der Waals surface area contributed by atoms with Gasteiger partial charge in [-0.1, -0.05) is 32.0 Å². The third-order valence-corrected chi connectivity index (χ3v) is 3.49. The van der Waals surface area contributed by atoms with Crippen molar-refractivity contribution in [2.75, 3.05) is 6.61 Å². The molecule has 0 aromatic heterocycles. The molecule has 0 atom stereocenters. The number of rotatable bonds is 6. The van der Waals surface area contributed by atoms with E-state index in [4.69, 9.17) is 5.11 Å². The van der Waals surface area contributed by atoms with Crippen molar-refractivity contribution in [1.29, 1.82) is 0 Å². The number of hydrogen-bond donors (Lipinski definition) is 1. The van der Waals surface area contributed by atoms with Crippen molar-refractivity contribution in [1.82, 2.24) is 0 Å². The van der Waals surface area contributed by atoms with Crippen LogP contribution in [0.25, 0.3) is 0 Å². The zero-order valence-electron chi connectivity index (χ0n) is 13.5. The quantitative estimate of drug-likeness (QED) is 0.489. The van der Waals surface area contributed by atoms with Gasteiger partial charge in [-0.25, -0.2) is 4.79 Å². The minimum absolute atomic E-state index is 0.283. The van der Waals surface area contributed by atoms with E-state index in [1.165, 1.54) is 36.0 Å². The van der Waals surface area contributed by atoms with Crippen LogP contribution in [0.3, 0.4) is 0 Å². The van der Waals surface area contributed by atoms with Crippen molar-refractivity contribution < 1.29 is 19.4 Å². The molecule has 0 unspecified atom stereocenters. The number of carbonyl (C=O) groups excluding carboxylic acids is 1. The molecule has 0 spiro atoms. The van der Waals surface area contributed by atoms with Gasteiger partial charge in [-0.15, -0.1) is 0 Å². The predicted molar refractivity (Wildman–Crippen MR) is 86.3 cm³/mol. The van der Waals surface area contributed by atoms with Crippen LogP contribution >= 0.6 is 0 Å². The molecule has 22 heavy (non-hydrogen) atoms. The number of aryl methyl sites for hydroxylation is 3. The molecule has 0 heterocycles. The summed E-state index contributed by atoms with van der Waals surface area (Å²) in [5, 5.41) is 7.94. The van der Waals surface area contributed by atoms with Gasteiger partial charge in [0, 0.05) is 6.42 Å². The number of fused-ring (bicyclic) bond motifs is 1. The van der Waals surface area contributed by atoms with E-state index < -0.39 is 6.16 Å². The normalized spacial score (nSPS) is 12.3. The van der Waals surface area contributed by atoms with Crippen molar-refractivity contribution in [2.24, 2.45) is 5.92 Å². The molecule has 0 aliphatic heterocycles. The molecule has 122 valence electrons. The van der Waals surface area contributed by atoms with Crippen LogP contribution in [0.15, 0.2) is 18.2 Å². The Kier molecular flexibility index (Phi) is 8.26. The monoisotopic (exact) mass is 306 g/mol. The van der Waals surface area contributed by atoms with Crippen LogP contribution in [0.5, 0.6) is 0 Å². The molecule has 0 bridgehead atoms. The molecule has 4 nitrogen and oxygen atoms in total. The van der Waals surface area contributed by atoms with E-state index in [9.17, 15) is 9.59 Å². The maximum Gasteiger partial charge on any atom is 0.505 e. The van der Waals surface area contributed by atoms with Crippen molar-refractivity contribution in [2.45, 2.75) is 52.4 Å². The summed E-state index contributed by atoms with van der Waals surface area (Å²) < 4.78 is 4.22. The smallest absolute Gasteiger partial charge is 0.450 e. The van der Waals surface area contributed by atoms with Crippen LogP contribution in [-0.4, -0.2) is 24.2 Å². The highest BCUT2D eigenvalue weighted by atomic mass is 16.7. The molecular weight excluding hydrogens is 280 g/mol. The Hall–Kier alpha value is -1.84. The fraction of sp³-hybridized carbons (Fsp3) is 0.556. The van der Waals surface area contributed by atoms with E-state index in [0.29, 0.717) is 6.42 Å². The third kappa shape index (κ3) is 7.25. The summed E-state index contributed by atoms with van der Waals surface area (Å²) in [6, 6.07) is 6.81. The number of unbranched alkanes of at least 4 members (excludes halogenated alkanes) is 1. The van der Waals surface area contributed by atoms with Crippen molar-refractivity contribution in [3.63, 3.8) is 0 Å². The topological polar surface area (TPSA) is 63.6 Å². The molecule has 1 aliphatic rings. The summed E-state index contributed by atoms with van der Waals surface area (Å²) in [6.45, 7) is 4.07. The number of carboxylic acid groups (broad SMARTS) is 1. The molecule has 0 amide bonds. The first-order valence-corrected chi connectivity index (χ1v) is 7.93. The summed E-state index contributed by atoms with van der Waals surface area (Å²) in [5.74, 6) is 0.283. The lowest BCUT2D eigenvalue weighted by atomic mass is 10.0. The van der Waals surface area contributed by atoms with Gasteiger partial charge in [0.05, 0.1) is 6.61 Å². The van der Waals surface area contributed by atoms with Crippen LogP contribution < -0.4 is 0 Å². The molecule has 0 saturated heterocycles. The lowest BCUT2D eigenvalue weighted by Crippen LogP contribution is -2.06. The Morgan fingerprint density at radius 3 is 2.64 bits per heavy atom. The molecular formula is C18H26O4. The van der Waals surface area contributed by atoms with Gasteiger partial charge in [0.1, 0.15) is 6.29 Å². The summed E-state index contributed by atoms with van der Waals surface area (Å²) in [5.41, 5.74) is 4.46. The van der Waals surface area contributed by atoms with E-state index in [1.54, 1.807) is 0 Å². The first kappa shape index (κ1) is 18.2. The van der Waals surface area contributed by atoms with Gasteiger partial charge in [0.15, 0.2) is 0 Å². The molecule has 0 radical (unpaired) electrons. The van der Waals surface area contributed by atoms with Gasteiger partial charge in [0.2, 0.25) is 0 Å². The molecule has 1 aromatic rings. The first-order valence-electron chi connectivity index (χ1n) is 7.93. The van der Waals surface area contributed by atoms with Crippen LogP contribution in [0.4, 0.5) is 4.79 Å². The van der Waals surface area contributed by atoms with Gasteiger partial charge in [0.25, 0.3) is 0 Å². The van der Waals surface area contributed by atoms with Gasteiger partial charge in [-0.2, -0.15) is 0 Å². The van der Waals surface area contributed by atoms with Crippen molar-refractivity contribution in [3.05, 3.63) is 34.9 Å². The zero-order chi connectivity index (χ0) is 16.4. The Bertz CT molecular complexity index is 480. The highest BCUT2D eigenvalue weighted by molar-refractivity contribution is 5.56. The summed E-state index contributed by atoms with van der Waals surface area (Å²) in [7, 11) is 0. The Labute approximate surface area is 132 Å². The molecule has 0 fully saturated rings. The van der Waals surface area contributed by atoms with Gasteiger partial charge >= 0.3 is 6.16 Å². The lowest BCUT2D eigenvalue weighted by molar-refractivity contribution is -0.107. The van der Waals surface area contributed by atoms with Crippen molar-refractivity contribution >= 4 is 12.4 Å². The molecule has 2 rings (SSSR count). The predicted octanol–water partition coefficient (Wildman–Crippen LogP) is 4.03.